The van der Waals surface area contributed by atoms with E-state index >= 15 is 0 Å². The van der Waals surface area contributed by atoms with Crippen molar-refractivity contribution in [3.8, 4) is 0 Å². The van der Waals surface area contributed by atoms with E-state index in [-0.39, 0.29) is 46.2 Å². The largest absolute Gasteiger partial charge is 0.458 e. The Kier molecular flexibility index (Phi) is 6.80. The van der Waals surface area contributed by atoms with Crippen molar-refractivity contribution in [1.29, 1.82) is 0 Å². The summed E-state index contributed by atoms with van der Waals surface area (Å²) in [4.78, 5) is 26.7. The Morgan fingerprint density at radius 2 is 1.85 bits per heavy atom. The number of carbonyl (C=O) groups is 2. The zero-order chi connectivity index (χ0) is 29.9. The number of hydrogen-bond donors (Lipinski definition) is 1. The van der Waals surface area contributed by atoms with E-state index in [0.29, 0.717) is 29.9 Å². The summed E-state index contributed by atoms with van der Waals surface area (Å²) in [7, 11) is -1.97. The highest BCUT2D eigenvalue weighted by atomic mass is 28.4. The predicted octanol–water partition coefficient (Wildman–Crippen LogP) is 6.38. The van der Waals surface area contributed by atoms with Crippen molar-refractivity contribution in [3.63, 3.8) is 0 Å². The van der Waals surface area contributed by atoms with Gasteiger partial charge in [0.2, 0.25) is 0 Å². The summed E-state index contributed by atoms with van der Waals surface area (Å²) in [5, 5.41) is 11.0. The van der Waals surface area contributed by atoms with Crippen molar-refractivity contribution in [2.45, 2.75) is 129 Å². The van der Waals surface area contributed by atoms with Gasteiger partial charge in [-0.05, 0) is 111 Å². The number of aliphatic hydroxyl groups is 1. The number of carbonyl (C=O) groups excluding carboxylic acids is 2. The minimum absolute atomic E-state index is 0.0319. The summed E-state index contributed by atoms with van der Waals surface area (Å²) in [5.74, 6) is 1.85. The quantitative estimate of drug-likeness (QED) is 0.229. The summed E-state index contributed by atoms with van der Waals surface area (Å²) in [5.41, 5.74) is 0.610. The van der Waals surface area contributed by atoms with E-state index in [4.69, 9.17) is 13.9 Å². The molecule has 11 atom stereocenters. The van der Waals surface area contributed by atoms with Gasteiger partial charge in [0, 0.05) is 6.42 Å². The van der Waals surface area contributed by atoms with Gasteiger partial charge in [-0.25, -0.2) is 4.79 Å². The Morgan fingerprint density at radius 1 is 1.15 bits per heavy atom. The molecule has 4 fully saturated rings. The van der Waals surface area contributed by atoms with Crippen molar-refractivity contribution >= 4 is 20.1 Å². The van der Waals surface area contributed by atoms with Crippen LogP contribution in [0.2, 0.25) is 18.1 Å². The fraction of sp³-hybridized carbons (Fsp3) is 0.824. The van der Waals surface area contributed by atoms with E-state index in [1.54, 1.807) is 12.2 Å². The Morgan fingerprint density at radius 3 is 2.51 bits per heavy atom. The zero-order valence-corrected chi connectivity index (χ0v) is 27.7. The average Bonchev–Trinajstić information content (AvgIpc) is 3.51. The molecular weight excluding hydrogens is 532 g/mol. The second-order valence-corrected chi connectivity index (χ2v) is 21.2. The molecule has 228 valence electrons. The van der Waals surface area contributed by atoms with E-state index in [9.17, 15) is 14.7 Å². The molecule has 2 aliphatic heterocycles. The minimum Gasteiger partial charge on any atom is -0.458 e. The van der Waals surface area contributed by atoms with Crippen LogP contribution in [0.25, 0.3) is 0 Å². The van der Waals surface area contributed by atoms with Crippen molar-refractivity contribution in [1.82, 2.24) is 0 Å². The van der Waals surface area contributed by atoms with Crippen LogP contribution in [-0.2, 0) is 23.5 Å². The molecule has 5 unspecified atom stereocenters. The van der Waals surface area contributed by atoms with Gasteiger partial charge in [0.15, 0.2) is 14.1 Å². The van der Waals surface area contributed by atoms with Crippen molar-refractivity contribution < 1.29 is 28.6 Å². The van der Waals surface area contributed by atoms with Crippen LogP contribution in [0.15, 0.2) is 23.3 Å². The molecule has 6 nitrogen and oxygen atoms in total. The van der Waals surface area contributed by atoms with Crippen LogP contribution >= 0.6 is 0 Å². The van der Waals surface area contributed by atoms with Crippen LogP contribution < -0.4 is 0 Å². The molecule has 2 heterocycles. The van der Waals surface area contributed by atoms with Crippen LogP contribution in [0.5, 0.6) is 0 Å². The van der Waals surface area contributed by atoms with Crippen molar-refractivity contribution in [3.05, 3.63) is 23.3 Å². The number of hydrogen-bond acceptors (Lipinski definition) is 6. The zero-order valence-electron chi connectivity index (χ0n) is 26.7. The van der Waals surface area contributed by atoms with Gasteiger partial charge >= 0.3 is 5.97 Å². The Hall–Kier alpha value is -1.28. The third kappa shape index (κ3) is 4.04. The van der Waals surface area contributed by atoms with Gasteiger partial charge in [-0.15, -0.1) is 0 Å². The topological polar surface area (TPSA) is 85.4 Å². The van der Waals surface area contributed by atoms with Gasteiger partial charge in [0.1, 0.15) is 17.8 Å². The molecule has 1 N–H and O–H groups in total. The molecule has 0 aromatic heterocycles. The number of ketones is 1. The lowest BCUT2D eigenvalue weighted by Gasteiger charge is -2.58. The van der Waals surface area contributed by atoms with E-state index in [0.717, 1.165) is 44.1 Å². The highest BCUT2D eigenvalue weighted by Crippen LogP contribution is 2.73. The minimum atomic E-state index is -1.97. The maximum absolute atomic E-state index is 13.4. The first-order valence-corrected chi connectivity index (χ1v) is 19.0. The number of fused-ring (bicyclic) bond motifs is 4. The first-order valence-electron chi connectivity index (χ1n) is 16.1. The lowest BCUT2D eigenvalue weighted by molar-refractivity contribution is -0.155. The number of ether oxygens (including phenoxy) is 2. The third-order valence-electron chi connectivity index (χ3n) is 13.8. The number of aliphatic hydroxyl groups excluding tert-OH is 1. The monoisotopic (exact) mass is 584 g/mol. The van der Waals surface area contributed by atoms with Gasteiger partial charge in [-0.3, -0.25) is 4.79 Å². The van der Waals surface area contributed by atoms with E-state index < -0.39 is 25.4 Å². The highest BCUT2D eigenvalue weighted by molar-refractivity contribution is 6.74. The van der Waals surface area contributed by atoms with E-state index in [1.165, 1.54) is 0 Å². The molecule has 0 aromatic rings. The van der Waals surface area contributed by atoms with Crippen LogP contribution in [0, 0.1) is 40.4 Å². The number of esters is 1. The molecule has 1 saturated heterocycles. The average molecular weight is 585 g/mol. The van der Waals surface area contributed by atoms with Gasteiger partial charge in [0.25, 0.3) is 0 Å². The molecular formula is C34H52O6Si. The predicted molar refractivity (Wildman–Crippen MR) is 161 cm³/mol. The fourth-order valence-corrected chi connectivity index (χ4v) is 11.1. The number of allylic oxidation sites excluding steroid dienone is 1. The van der Waals surface area contributed by atoms with E-state index in [1.807, 2.05) is 0 Å². The molecule has 7 heteroatoms. The highest BCUT2D eigenvalue weighted by Gasteiger charge is 2.80. The molecule has 6 aliphatic rings. The first-order chi connectivity index (χ1) is 19.0. The van der Waals surface area contributed by atoms with Crippen LogP contribution in [-0.4, -0.2) is 55.7 Å². The summed E-state index contributed by atoms with van der Waals surface area (Å²) >= 11 is 0. The van der Waals surface area contributed by atoms with Crippen LogP contribution in [0.1, 0.15) is 87.0 Å². The third-order valence-corrected chi connectivity index (χ3v) is 18.3. The summed E-state index contributed by atoms with van der Waals surface area (Å²) in [6.07, 6.45) is 8.48. The van der Waals surface area contributed by atoms with Crippen molar-refractivity contribution in [2.24, 2.45) is 40.4 Å². The number of cyclic esters (lactones) is 1. The fourth-order valence-electron chi connectivity index (χ4n) is 10.1. The molecule has 0 radical (unpaired) electrons. The Bertz CT molecular complexity index is 1200. The standard InChI is InChI=1S/C34H52O6Si/c1-19-16-26(39-30(37)22(19)18-38-41(8,9)31(3,4)5)20(2)23-10-11-24-21-17-29-34(40-29)28(36)13-12-27(35)33(34,7)25(21)14-15-32(23,24)6/h12-13,20-21,23-26,28-29,36H,10-11,14-18H2,1-9H3/t20-,21?,23?,24?,25?,26?,28+,29+,32+,33-,34+/m0/s1. The van der Waals surface area contributed by atoms with E-state index in [2.05, 4.69) is 61.6 Å². The van der Waals surface area contributed by atoms with Crippen molar-refractivity contribution in [2.75, 3.05) is 6.61 Å². The normalized spacial score (nSPS) is 46.3. The molecule has 1 spiro atoms. The second kappa shape index (κ2) is 9.36. The van der Waals surface area contributed by atoms with Gasteiger partial charge in [-0.1, -0.05) is 40.2 Å². The summed E-state index contributed by atoms with van der Waals surface area (Å²) in [6.45, 7) is 20.4. The summed E-state index contributed by atoms with van der Waals surface area (Å²) < 4.78 is 18.9. The van der Waals surface area contributed by atoms with Crippen LogP contribution in [0.4, 0.5) is 0 Å². The maximum Gasteiger partial charge on any atom is 0.336 e. The SMILES string of the molecule is CC1=C(CO[Si](C)(C)C(C)(C)C)C(=O)OC([C@@H](C)C2CCC3C4C[C@H]5O[C@]56[C@H](O)C=CC(=O)[C@]6(C)C4CC[C@@]32C)C1. The molecule has 0 bridgehead atoms. The Balaban J connectivity index is 1.18. The Labute approximate surface area is 247 Å². The second-order valence-electron chi connectivity index (χ2n) is 16.4. The molecule has 4 aliphatic carbocycles. The number of epoxide rings is 1. The van der Waals surface area contributed by atoms with Gasteiger partial charge in [0.05, 0.1) is 23.7 Å². The maximum atomic E-state index is 13.4. The smallest absolute Gasteiger partial charge is 0.336 e. The lowest BCUT2D eigenvalue weighted by Crippen LogP contribution is -2.63. The summed E-state index contributed by atoms with van der Waals surface area (Å²) in [6, 6.07) is 0. The molecule has 6 rings (SSSR count). The molecule has 0 aromatic carbocycles. The molecule has 0 amide bonds. The first kappa shape index (κ1) is 29.8. The molecule has 41 heavy (non-hydrogen) atoms. The van der Waals surface area contributed by atoms with Crippen LogP contribution in [0.3, 0.4) is 0 Å². The number of rotatable bonds is 5. The molecule has 3 saturated carbocycles. The van der Waals surface area contributed by atoms with Gasteiger partial charge in [-0.2, -0.15) is 0 Å². The van der Waals surface area contributed by atoms with Gasteiger partial charge < -0.3 is 19.0 Å². The lowest BCUT2D eigenvalue weighted by atomic mass is 9.44.